The molecule has 0 spiro atoms. The van der Waals surface area contributed by atoms with Crippen molar-refractivity contribution in [1.29, 1.82) is 0 Å². The van der Waals surface area contributed by atoms with E-state index in [2.05, 4.69) is 9.97 Å². The van der Waals surface area contributed by atoms with E-state index in [4.69, 9.17) is 10.5 Å². The van der Waals surface area contributed by atoms with Crippen molar-refractivity contribution in [1.82, 2.24) is 9.97 Å². The summed E-state index contributed by atoms with van der Waals surface area (Å²) in [6.07, 6.45) is 5.45. The van der Waals surface area contributed by atoms with Gasteiger partial charge in [-0.3, -0.25) is 0 Å². The summed E-state index contributed by atoms with van der Waals surface area (Å²) in [7, 11) is 0. The van der Waals surface area contributed by atoms with E-state index < -0.39 is 0 Å². The summed E-state index contributed by atoms with van der Waals surface area (Å²) in [5.74, 6) is 0.405. The maximum Gasteiger partial charge on any atom is 0.318 e. The van der Waals surface area contributed by atoms with E-state index in [-0.39, 0.29) is 0 Å². The van der Waals surface area contributed by atoms with Crippen molar-refractivity contribution in [2.75, 3.05) is 12.3 Å². The Morgan fingerprint density at radius 2 is 2.00 bits per heavy atom. The lowest BCUT2D eigenvalue weighted by Gasteiger charge is -2.00. The molecule has 0 atom stereocenters. The highest BCUT2D eigenvalue weighted by atomic mass is 16.5. The Hall–Kier alpha value is -2.36. The molecule has 0 saturated heterocycles. The quantitative estimate of drug-likeness (QED) is 0.869. The molecule has 86 valence electrons. The summed E-state index contributed by atoms with van der Waals surface area (Å²) in [4.78, 5) is 7.87. The van der Waals surface area contributed by atoms with Gasteiger partial charge in [0, 0.05) is 6.20 Å². The average molecular weight is 227 g/mol. The van der Waals surface area contributed by atoms with Crippen molar-refractivity contribution in [3.8, 4) is 6.01 Å². The van der Waals surface area contributed by atoms with Crippen LogP contribution in [0.3, 0.4) is 0 Å². The monoisotopic (exact) mass is 227 g/mol. The molecule has 0 aliphatic heterocycles. The first-order chi connectivity index (χ1) is 8.34. The molecule has 0 unspecified atom stereocenters. The maximum absolute atomic E-state index is 5.50. The zero-order chi connectivity index (χ0) is 11.9. The molecule has 2 rings (SSSR count). The minimum atomic E-state index is 0.294. The Bertz CT molecular complexity index is 497. The molecule has 0 saturated carbocycles. The van der Waals surface area contributed by atoms with Gasteiger partial charge in [-0.05, 0) is 17.7 Å². The van der Waals surface area contributed by atoms with Crippen LogP contribution in [0.1, 0.15) is 5.56 Å². The van der Waals surface area contributed by atoms with E-state index in [0.29, 0.717) is 18.4 Å². The number of aromatic nitrogens is 2. The van der Waals surface area contributed by atoms with Gasteiger partial charge in [0.25, 0.3) is 0 Å². The highest BCUT2D eigenvalue weighted by molar-refractivity contribution is 5.48. The van der Waals surface area contributed by atoms with Gasteiger partial charge in [-0.1, -0.05) is 36.4 Å². The van der Waals surface area contributed by atoms with Gasteiger partial charge in [-0.25, -0.2) is 4.98 Å². The van der Waals surface area contributed by atoms with Crippen LogP contribution in [0.5, 0.6) is 6.01 Å². The molecule has 2 aromatic rings. The average Bonchev–Trinajstić information content (AvgIpc) is 2.36. The highest BCUT2D eigenvalue weighted by Crippen LogP contribution is 2.04. The molecule has 4 nitrogen and oxygen atoms in total. The number of benzene rings is 1. The van der Waals surface area contributed by atoms with Gasteiger partial charge in [-0.2, -0.15) is 4.98 Å². The van der Waals surface area contributed by atoms with E-state index in [1.165, 1.54) is 0 Å². The van der Waals surface area contributed by atoms with E-state index >= 15 is 0 Å². The summed E-state index contributed by atoms with van der Waals surface area (Å²) in [6.45, 7) is 0.415. The van der Waals surface area contributed by atoms with Gasteiger partial charge in [-0.15, -0.1) is 0 Å². The molecule has 0 fully saturated rings. The molecule has 1 heterocycles. The molecule has 2 N–H and O–H groups in total. The number of rotatable bonds is 4. The largest absolute Gasteiger partial charge is 0.459 e. The van der Waals surface area contributed by atoms with Crippen molar-refractivity contribution in [2.24, 2.45) is 0 Å². The van der Waals surface area contributed by atoms with Crippen LogP contribution in [-0.4, -0.2) is 16.6 Å². The van der Waals surface area contributed by atoms with Crippen LogP contribution in [0.2, 0.25) is 0 Å². The third-order valence-corrected chi connectivity index (χ3v) is 2.07. The number of nitrogens with zero attached hydrogens (tertiary/aromatic N) is 2. The Labute approximate surface area is 99.8 Å². The number of nitrogens with two attached hydrogens (primary N) is 1. The predicted molar refractivity (Wildman–Crippen MR) is 67.4 cm³/mol. The van der Waals surface area contributed by atoms with Gasteiger partial charge in [0.2, 0.25) is 0 Å². The van der Waals surface area contributed by atoms with Crippen LogP contribution in [-0.2, 0) is 0 Å². The second kappa shape index (κ2) is 5.65. The minimum Gasteiger partial charge on any atom is -0.459 e. The first-order valence-corrected chi connectivity index (χ1v) is 5.27. The third-order valence-electron chi connectivity index (χ3n) is 2.07. The molecule has 17 heavy (non-hydrogen) atoms. The van der Waals surface area contributed by atoms with Gasteiger partial charge >= 0.3 is 6.01 Å². The van der Waals surface area contributed by atoms with Crippen LogP contribution in [0, 0.1) is 0 Å². The lowest BCUT2D eigenvalue weighted by molar-refractivity contribution is 0.334. The molecule has 0 bridgehead atoms. The summed E-state index contributed by atoms with van der Waals surface area (Å²) in [6, 6.07) is 11.9. The van der Waals surface area contributed by atoms with Crippen LogP contribution in [0.4, 0.5) is 5.82 Å². The first kappa shape index (κ1) is 11.1. The third kappa shape index (κ3) is 3.61. The molecule has 0 radical (unpaired) electrons. The molecular formula is C13H13N3O. The molecule has 0 aliphatic rings. The van der Waals surface area contributed by atoms with Gasteiger partial charge < -0.3 is 10.5 Å². The number of hydrogen-bond donors (Lipinski definition) is 1. The summed E-state index contributed by atoms with van der Waals surface area (Å²) >= 11 is 0. The molecule has 1 aromatic carbocycles. The normalized spacial score (nSPS) is 10.6. The van der Waals surface area contributed by atoms with Gasteiger partial charge in [0.1, 0.15) is 12.4 Å². The topological polar surface area (TPSA) is 61.0 Å². The Morgan fingerprint density at radius 3 is 2.76 bits per heavy atom. The van der Waals surface area contributed by atoms with E-state index in [0.717, 1.165) is 5.56 Å². The second-order valence-electron chi connectivity index (χ2n) is 3.39. The fraction of sp³-hybridized carbons (Fsp3) is 0.0769. The van der Waals surface area contributed by atoms with Crippen LogP contribution in [0.25, 0.3) is 6.08 Å². The van der Waals surface area contributed by atoms with Crippen molar-refractivity contribution in [3.63, 3.8) is 0 Å². The van der Waals surface area contributed by atoms with Crippen molar-refractivity contribution in [3.05, 3.63) is 54.2 Å². The van der Waals surface area contributed by atoms with Crippen LogP contribution >= 0.6 is 0 Å². The van der Waals surface area contributed by atoms with Crippen molar-refractivity contribution in [2.45, 2.75) is 0 Å². The van der Waals surface area contributed by atoms with Gasteiger partial charge in [0.05, 0.1) is 0 Å². The number of nitrogen functional groups attached to an aromatic ring is 1. The molecule has 4 heteroatoms. The maximum atomic E-state index is 5.50. The Balaban J connectivity index is 1.86. The molecule has 0 amide bonds. The molecule has 1 aromatic heterocycles. The van der Waals surface area contributed by atoms with Crippen LogP contribution < -0.4 is 10.5 Å². The summed E-state index contributed by atoms with van der Waals surface area (Å²) in [5.41, 5.74) is 6.63. The Morgan fingerprint density at radius 1 is 1.18 bits per heavy atom. The van der Waals surface area contributed by atoms with Gasteiger partial charge in [0.15, 0.2) is 0 Å². The number of hydrogen-bond acceptors (Lipinski definition) is 4. The fourth-order valence-electron chi connectivity index (χ4n) is 1.29. The summed E-state index contributed by atoms with van der Waals surface area (Å²) in [5, 5.41) is 0. The van der Waals surface area contributed by atoms with Crippen molar-refractivity contribution < 1.29 is 4.74 Å². The van der Waals surface area contributed by atoms with E-state index in [1.54, 1.807) is 12.3 Å². The van der Waals surface area contributed by atoms with E-state index in [9.17, 15) is 0 Å². The minimum absolute atomic E-state index is 0.294. The van der Waals surface area contributed by atoms with Crippen LogP contribution in [0.15, 0.2) is 48.7 Å². The number of anilines is 1. The lowest BCUT2D eigenvalue weighted by Crippen LogP contribution is -2.00. The SMILES string of the molecule is Nc1ccnc(OC/C=C/c2ccccc2)n1. The van der Waals surface area contributed by atoms with E-state index in [1.807, 2.05) is 42.5 Å². The first-order valence-electron chi connectivity index (χ1n) is 5.27. The fourth-order valence-corrected chi connectivity index (χ4v) is 1.29. The predicted octanol–water partition coefficient (Wildman–Crippen LogP) is 2.15. The standard InChI is InChI=1S/C13H13N3O/c14-12-8-9-15-13(16-12)17-10-4-7-11-5-2-1-3-6-11/h1-9H,10H2,(H2,14,15,16)/b7-4+. The number of ether oxygens (including phenoxy) is 1. The lowest BCUT2D eigenvalue weighted by atomic mass is 10.2. The zero-order valence-corrected chi connectivity index (χ0v) is 9.28. The molecular weight excluding hydrogens is 214 g/mol. The smallest absolute Gasteiger partial charge is 0.318 e. The highest BCUT2D eigenvalue weighted by Gasteiger charge is 1.94. The zero-order valence-electron chi connectivity index (χ0n) is 9.28. The molecule has 0 aliphatic carbocycles. The van der Waals surface area contributed by atoms with Crippen molar-refractivity contribution >= 4 is 11.9 Å². The Kier molecular flexibility index (Phi) is 3.70. The second-order valence-corrected chi connectivity index (χ2v) is 3.39. The summed E-state index contributed by atoms with van der Waals surface area (Å²) < 4.78 is 5.32.